The van der Waals surface area contributed by atoms with E-state index in [9.17, 15) is 5.11 Å². The molecule has 2 aliphatic carbocycles. The first-order chi connectivity index (χ1) is 13.3. The van der Waals surface area contributed by atoms with Gasteiger partial charge in [-0.2, -0.15) is 0 Å². The number of β-amino-alcohol motifs (C(OH)–C–C–N with tert-alkyl or cyclic N) is 1. The van der Waals surface area contributed by atoms with Crippen LogP contribution in [0.4, 0.5) is 0 Å². The fraction of sp³-hybridized carbons (Fsp3) is 0.600. The highest BCUT2D eigenvalue weighted by Crippen LogP contribution is 2.38. The van der Waals surface area contributed by atoms with E-state index in [0.29, 0.717) is 6.04 Å². The standard InChI is InChI=1S/C25H33NO.ClH/c27-25(17-26-15-7-10-18-8-2-6-14-24(18)26)23-16-19-9-1-3-11-20(19)21-12-4-5-13-22(21)23;/h4-5,12-13,16,18,24-25,27H,1-3,6-11,14-15,17H2;1H. The molecule has 3 atom stereocenters. The molecule has 0 bridgehead atoms. The van der Waals surface area contributed by atoms with Gasteiger partial charge in [0.05, 0.1) is 6.10 Å². The zero-order chi connectivity index (χ0) is 18.2. The van der Waals surface area contributed by atoms with E-state index in [1.807, 2.05) is 0 Å². The number of benzene rings is 2. The number of hydrogen-bond acceptors (Lipinski definition) is 2. The predicted octanol–water partition coefficient (Wildman–Crippen LogP) is 5.83. The molecule has 1 heterocycles. The second-order valence-electron chi connectivity index (χ2n) is 9.12. The van der Waals surface area contributed by atoms with E-state index in [0.717, 1.165) is 12.5 Å². The number of piperidine rings is 1. The summed E-state index contributed by atoms with van der Waals surface area (Å²) >= 11 is 0. The molecule has 3 aliphatic rings. The molecule has 2 aromatic rings. The molecule has 1 saturated carbocycles. The highest BCUT2D eigenvalue weighted by atomic mass is 35.5. The third kappa shape index (κ3) is 3.72. The topological polar surface area (TPSA) is 23.5 Å². The number of hydrogen-bond donors (Lipinski definition) is 1. The molecule has 3 heteroatoms. The molecule has 1 N–H and O–H groups in total. The van der Waals surface area contributed by atoms with Crippen LogP contribution in [-0.2, 0) is 12.8 Å². The maximum absolute atomic E-state index is 11.3. The molecular formula is C25H34ClNO. The van der Waals surface area contributed by atoms with Crippen molar-refractivity contribution < 1.29 is 5.11 Å². The Balaban J connectivity index is 0.00000192. The molecule has 3 unspecified atom stereocenters. The zero-order valence-corrected chi connectivity index (χ0v) is 17.7. The van der Waals surface area contributed by atoms with Crippen molar-refractivity contribution in [2.75, 3.05) is 13.1 Å². The number of fused-ring (bicyclic) bond motifs is 4. The minimum absolute atomic E-state index is 0. The molecule has 0 amide bonds. The molecule has 28 heavy (non-hydrogen) atoms. The summed E-state index contributed by atoms with van der Waals surface area (Å²) in [4.78, 5) is 2.63. The summed E-state index contributed by atoms with van der Waals surface area (Å²) < 4.78 is 0. The van der Waals surface area contributed by atoms with E-state index in [1.165, 1.54) is 98.2 Å². The highest BCUT2D eigenvalue weighted by Gasteiger charge is 2.34. The lowest BCUT2D eigenvalue weighted by Crippen LogP contribution is -2.48. The van der Waals surface area contributed by atoms with E-state index in [1.54, 1.807) is 0 Å². The average Bonchev–Trinajstić information content (AvgIpc) is 2.73. The highest BCUT2D eigenvalue weighted by molar-refractivity contribution is 5.90. The molecule has 1 aliphatic heterocycles. The predicted molar refractivity (Wildman–Crippen MR) is 119 cm³/mol. The molecule has 0 radical (unpaired) electrons. The van der Waals surface area contributed by atoms with Gasteiger partial charge in [-0.15, -0.1) is 12.4 Å². The minimum Gasteiger partial charge on any atom is -0.387 e. The van der Waals surface area contributed by atoms with Gasteiger partial charge in [-0.05, 0) is 91.3 Å². The van der Waals surface area contributed by atoms with Crippen molar-refractivity contribution >= 4 is 23.2 Å². The number of halogens is 1. The van der Waals surface area contributed by atoms with Gasteiger partial charge in [0.2, 0.25) is 0 Å². The van der Waals surface area contributed by atoms with Crippen molar-refractivity contribution in [3.8, 4) is 0 Å². The summed E-state index contributed by atoms with van der Waals surface area (Å²) in [6.07, 6.45) is 12.8. The summed E-state index contributed by atoms with van der Waals surface area (Å²) in [5, 5.41) is 14.0. The van der Waals surface area contributed by atoms with Crippen LogP contribution in [0.2, 0.25) is 0 Å². The lowest BCUT2D eigenvalue weighted by atomic mass is 9.78. The van der Waals surface area contributed by atoms with Crippen LogP contribution in [0.25, 0.3) is 10.8 Å². The maximum atomic E-state index is 11.3. The molecule has 5 rings (SSSR count). The van der Waals surface area contributed by atoms with E-state index in [-0.39, 0.29) is 18.5 Å². The second-order valence-corrected chi connectivity index (χ2v) is 9.12. The molecule has 152 valence electrons. The lowest BCUT2D eigenvalue weighted by Gasteiger charge is -2.45. The van der Waals surface area contributed by atoms with Crippen molar-refractivity contribution in [2.24, 2.45) is 5.92 Å². The molecule has 2 nitrogen and oxygen atoms in total. The monoisotopic (exact) mass is 399 g/mol. The summed E-state index contributed by atoms with van der Waals surface area (Å²) in [6.45, 7) is 1.98. The Morgan fingerprint density at radius 3 is 2.57 bits per heavy atom. The van der Waals surface area contributed by atoms with Gasteiger partial charge >= 0.3 is 0 Å². The zero-order valence-electron chi connectivity index (χ0n) is 16.9. The number of aryl methyl sites for hydroxylation is 2. The van der Waals surface area contributed by atoms with Crippen molar-refractivity contribution in [1.29, 1.82) is 0 Å². The average molecular weight is 400 g/mol. The molecule has 0 spiro atoms. The first kappa shape index (κ1) is 20.2. The Hall–Kier alpha value is -1.09. The van der Waals surface area contributed by atoms with Crippen LogP contribution in [0.15, 0.2) is 30.3 Å². The van der Waals surface area contributed by atoms with Crippen LogP contribution in [0.1, 0.15) is 74.2 Å². The van der Waals surface area contributed by atoms with Crippen molar-refractivity contribution in [2.45, 2.75) is 76.4 Å². The Kier molecular flexibility index (Phi) is 6.30. The summed E-state index contributed by atoms with van der Waals surface area (Å²) in [6, 6.07) is 11.8. The van der Waals surface area contributed by atoms with Gasteiger partial charge in [-0.3, -0.25) is 4.90 Å². The first-order valence-electron chi connectivity index (χ1n) is 11.3. The van der Waals surface area contributed by atoms with Crippen molar-refractivity contribution in [3.05, 3.63) is 47.0 Å². The van der Waals surface area contributed by atoms with Crippen LogP contribution in [-0.4, -0.2) is 29.1 Å². The van der Waals surface area contributed by atoms with Crippen LogP contribution in [0, 0.1) is 5.92 Å². The molecule has 2 fully saturated rings. The number of likely N-dealkylation sites (tertiary alicyclic amines) is 1. The van der Waals surface area contributed by atoms with Gasteiger partial charge in [0, 0.05) is 12.6 Å². The number of aliphatic hydroxyl groups excluding tert-OH is 1. The minimum atomic E-state index is -0.372. The Morgan fingerprint density at radius 2 is 1.68 bits per heavy atom. The third-order valence-electron chi connectivity index (χ3n) is 7.53. The number of nitrogens with zero attached hydrogens (tertiary/aromatic N) is 1. The normalized spacial score (nSPS) is 26.2. The summed E-state index contributed by atoms with van der Waals surface area (Å²) in [5.41, 5.74) is 4.20. The molecular weight excluding hydrogens is 366 g/mol. The van der Waals surface area contributed by atoms with Crippen molar-refractivity contribution in [3.63, 3.8) is 0 Å². The largest absolute Gasteiger partial charge is 0.387 e. The van der Waals surface area contributed by atoms with E-state index < -0.39 is 0 Å². The van der Waals surface area contributed by atoms with Gasteiger partial charge in [0.1, 0.15) is 0 Å². The summed E-state index contributed by atoms with van der Waals surface area (Å²) in [5.74, 6) is 0.875. The lowest BCUT2D eigenvalue weighted by molar-refractivity contribution is 0.0209. The fourth-order valence-electron chi connectivity index (χ4n) is 6.21. The molecule has 2 aromatic carbocycles. The molecule has 0 aromatic heterocycles. The summed E-state index contributed by atoms with van der Waals surface area (Å²) in [7, 11) is 0. The second kappa shape index (κ2) is 8.73. The van der Waals surface area contributed by atoms with E-state index in [4.69, 9.17) is 0 Å². The van der Waals surface area contributed by atoms with Crippen LogP contribution in [0.3, 0.4) is 0 Å². The first-order valence-corrected chi connectivity index (χ1v) is 11.3. The maximum Gasteiger partial charge on any atom is 0.0923 e. The van der Waals surface area contributed by atoms with Gasteiger partial charge in [-0.25, -0.2) is 0 Å². The van der Waals surface area contributed by atoms with Crippen LogP contribution < -0.4 is 0 Å². The van der Waals surface area contributed by atoms with Gasteiger partial charge in [0.15, 0.2) is 0 Å². The Labute approximate surface area is 175 Å². The number of aliphatic hydroxyl groups is 1. The van der Waals surface area contributed by atoms with Gasteiger partial charge in [0.25, 0.3) is 0 Å². The van der Waals surface area contributed by atoms with Gasteiger partial charge in [-0.1, -0.05) is 43.2 Å². The Bertz CT molecular complexity index is 818. The smallest absolute Gasteiger partial charge is 0.0923 e. The van der Waals surface area contributed by atoms with Gasteiger partial charge < -0.3 is 5.11 Å². The van der Waals surface area contributed by atoms with E-state index in [2.05, 4.69) is 35.2 Å². The SMILES string of the molecule is Cl.OC(CN1CCCC2CCCCC21)c1cc2c(c3ccccc13)CCCC2. The molecule has 1 saturated heterocycles. The van der Waals surface area contributed by atoms with E-state index >= 15 is 0 Å². The third-order valence-corrected chi connectivity index (χ3v) is 7.53. The quantitative estimate of drug-likeness (QED) is 0.701. The Morgan fingerprint density at radius 1 is 0.929 bits per heavy atom. The number of rotatable bonds is 3. The van der Waals surface area contributed by atoms with Crippen LogP contribution >= 0.6 is 12.4 Å². The van der Waals surface area contributed by atoms with Crippen LogP contribution in [0.5, 0.6) is 0 Å². The fourth-order valence-corrected chi connectivity index (χ4v) is 6.21. The van der Waals surface area contributed by atoms with Crippen molar-refractivity contribution in [1.82, 2.24) is 4.90 Å².